The lowest BCUT2D eigenvalue weighted by atomic mass is 9.91. The van der Waals surface area contributed by atoms with Gasteiger partial charge in [-0.1, -0.05) is 13.3 Å². The van der Waals surface area contributed by atoms with Crippen molar-refractivity contribution in [3.05, 3.63) is 29.8 Å². The zero-order valence-corrected chi connectivity index (χ0v) is 18.3. The van der Waals surface area contributed by atoms with E-state index in [-0.39, 0.29) is 28.7 Å². The Balaban J connectivity index is 1.95. The van der Waals surface area contributed by atoms with E-state index in [9.17, 15) is 13.2 Å². The second kappa shape index (κ2) is 9.85. The van der Waals surface area contributed by atoms with Gasteiger partial charge in [0.25, 0.3) is 5.91 Å². The van der Waals surface area contributed by atoms with Crippen molar-refractivity contribution in [2.45, 2.75) is 50.5 Å². The number of ether oxygens (including phenoxy) is 1. The Labute approximate surface area is 169 Å². The molecule has 1 aliphatic rings. The number of benzene rings is 1. The number of carbonyl (C=O) groups is 1. The monoisotopic (exact) mass is 410 g/mol. The summed E-state index contributed by atoms with van der Waals surface area (Å²) in [5.74, 6) is 0.479. The van der Waals surface area contributed by atoms with Crippen LogP contribution < -0.4 is 5.32 Å². The summed E-state index contributed by atoms with van der Waals surface area (Å²) in [6.07, 6.45) is 3.68. The first kappa shape index (κ1) is 22.8. The van der Waals surface area contributed by atoms with Gasteiger partial charge in [-0.25, -0.2) is 8.42 Å². The molecule has 1 fully saturated rings. The van der Waals surface area contributed by atoms with E-state index in [1.807, 2.05) is 0 Å². The molecule has 0 bridgehead atoms. The van der Waals surface area contributed by atoms with Crippen LogP contribution in [0.5, 0.6) is 0 Å². The molecule has 1 atom stereocenters. The van der Waals surface area contributed by atoms with Crippen LogP contribution in [0.3, 0.4) is 0 Å². The van der Waals surface area contributed by atoms with Gasteiger partial charge in [-0.15, -0.1) is 0 Å². The number of likely N-dealkylation sites (tertiary alicyclic amines) is 1. The molecule has 0 aromatic heterocycles. The van der Waals surface area contributed by atoms with Crippen LogP contribution in [0.25, 0.3) is 0 Å². The summed E-state index contributed by atoms with van der Waals surface area (Å²) in [4.78, 5) is 15.2. The number of hydrogen-bond donors (Lipinski definition) is 1. The number of hydrogen-bond acceptors (Lipinski definition) is 5. The third-order valence-corrected chi connectivity index (χ3v) is 7.36. The zero-order chi connectivity index (χ0) is 20.8. The number of nitrogens with zero attached hydrogens (tertiary/aromatic N) is 1. The molecule has 0 radical (unpaired) electrons. The number of sulfone groups is 1. The Bertz CT molecular complexity index is 744. The SMILES string of the molecule is CCC1CCCN(C(C)(C)CNC(=O)c2ccc(S(=O)(=O)CCOC)cc2)C1. The van der Waals surface area contributed by atoms with Crippen LogP contribution in [-0.2, 0) is 14.6 Å². The normalized spacial score (nSPS) is 18.8. The smallest absolute Gasteiger partial charge is 0.251 e. The van der Waals surface area contributed by atoms with E-state index in [2.05, 4.69) is 31.0 Å². The van der Waals surface area contributed by atoms with E-state index in [0.717, 1.165) is 19.0 Å². The quantitative estimate of drug-likeness (QED) is 0.677. The highest BCUT2D eigenvalue weighted by Gasteiger charge is 2.31. The maximum absolute atomic E-state index is 12.5. The third kappa shape index (κ3) is 6.03. The van der Waals surface area contributed by atoms with Crippen molar-refractivity contribution in [2.75, 3.05) is 39.1 Å². The molecule has 1 N–H and O–H groups in total. The van der Waals surface area contributed by atoms with E-state index < -0.39 is 9.84 Å². The van der Waals surface area contributed by atoms with Crippen LogP contribution >= 0.6 is 0 Å². The summed E-state index contributed by atoms with van der Waals surface area (Å²) in [6, 6.07) is 6.11. The van der Waals surface area contributed by atoms with Gasteiger partial charge in [-0.2, -0.15) is 0 Å². The van der Waals surface area contributed by atoms with Gasteiger partial charge in [-0.3, -0.25) is 9.69 Å². The minimum absolute atomic E-state index is 0.0716. The van der Waals surface area contributed by atoms with Gasteiger partial charge < -0.3 is 10.1 Å². The first-order valence-electron chi connectivity index (χ1n) is 10.0. The number of amides is 1. The molecule has 158 valence electrons. The molecule has 2 rings (SSSR count). The minimum atomic E-state index is -3.39. The van der Waals surface area contributed by atoms with E-state index in [1.54, 1.807) is 12.1 Å². The lowest BCUT2D eigenvalue weighted by molar-refractivity contribution is 0.0612. The van der Waals surface area contributed by atoms with E-state index in [1.165, 1.54) is 38.5 Å². The van der Waals surface area contributed by atoms with Crippen molar-refractivity contribution < 1.29 is 17.9 Å². The van der Waals surface area contributed by atoms with E-state index in [4.69, 9.17) is 4.74 Å². The largest absolute Gasteiger partial charge is 0.384 e. The highest BCUT2D eigenvalue weighted by atomic mass is 32.2. The van der Waals surface area contributed by atoms with Crippen LogP contribution in [0.15, 0.2) is 29.2 Å². The van der Waals surface area contributed by atoms with Gasteiger partial charge in [0.2, 0.25) is 0 Å². The van der Waals surface area contributed by atoms with E-state index >= 15 is 0 Å². The van der Waals surface area contributed by atoms with Gasteiger partial charge in [-0.05, 0) is 63.4 Å². The predicted molar refractivity (Wildman–Crippen MR) is 111 cm³/mol. The maximum Gasteiger partial charge on any atom is 0.251 e. The van der Waals surface area contributed by atoms with Crippen molar-refractivity contribution in [3.63, 3.8) is 0 Å². The molecule has 1 saturated heterocycles. The van der Waals surface area contributed by atoms with Crippen molar-refractivity contribution in [1.82, 2.24) is 10.2 Å². The summed E-state index contributed by atoms with van der Waals surface area (Å²) in [7, 11) is -1.92. The Morgan fingerprint density at radius 2 is 1.96 bits per heavy atom. The Morgan fingerprint density at radius 1 is 1.29 bits per heavy atom. The fourth-order valence-electron chi connectivity index (χ4n) is 3.58. The standard InChI is InChI=1S/C21H34N2O4S/c1-5-17-7-6-12-23(15-17)21(2,3)16-22-20(24)18-8-10-19(11-9-18)28(25,26)14-13-27-4/h8-11,17H,5-7,12-16H2,1-4H3,(H,22,24). The molecule has 1 amide bonds. The average Bonchev–Trinajstić information content (AvgIpc) is 2.70. The molecule has 1 aromatic carbocycles. The number of nitrogens with one attached hydrogen (secondary N) is 1. The summed E-state index contributed by atoms with van der Waals surface area (Å²) in [5, 5.41) is 3.01. The van der Waals surface area contributed by atoms with Crippen molar-refractivity contribution in [3.8, 4) is 0 Å². The molecule has 0 saturated carbocycles. The molecule has 1 unspecified atom stereocenters. The summed E-state index contributed by atoms with van der Waals surface area (Å²) in [6.45, 7) is 9.40. The first-order chi connectivity index (χ1) is 13.2. The van der Waals surface area contributed by atoms with Crippen molar-refractivity contribution >= 4 is 15.7 Å². The van der Waals surface area contributed by atoms with Crippen LogP contribution in [0.2, 0.25) is 0 Å². The molecular formula is C21H34N2O4S. The van der Waals surface area contributed by atoms with Gasteiger partial charge in [0.1, 0.15) is 0 Å². The molecule has 28 heavy (non-hydrogen) atoms. The predicted octanol–water partition coefficient (Wildman–Crippen LogP) is 2.74. The van der Waals surface area contributed by atoms with Gasteiger partial charge >= 0.3 is 0 Å². The fraction of sp³-hybridized carbons (Fsp3) is 0.667. The molecular weight excluding hydrogens is 376 g/mol. The fourth-order valence-corrected chi connectivity index (χ4v) is 4.76. The van der Waals surface area contributed by atoms with Crippen molar-refractivity contribution in [2.24, 2.45) is 5.92 Å². The molecule has 0 aliphatic carbocycles. The molecule has 6 nitrogen and oxygen atoms in total. The number of methoxy groups -OCH3 is 1. The van der Waals surface area contributed by atoms with Gasteiger partial charge in [0.05, 0.1) is 17.3 Å². The zero-order valence-electron chi connectivity index (χ0n) is 17.5. The van der Waals surface area contributed by atoms with Crippen LogP contribution in [0, 0.1) is 5.92 Å². The van der Waals surface area contributed by atoms with Crippen LogP contribution in [0.1, 0.15) is 50.4 Å². The molecule has 1 heterocycles. The molecule has 1 aliphatic heterocycles. The first-order valence-corrected chi connectivity index (χ1v) is 11.7. The lowest BCUT2D eigenvalue weighted by Crippen LogP contribution is -2.54. The third-order valence-electron chi connectivity index (χ3n) is 5.67. The number of rotatable bonds is 9. The molecule has 0 spiro atoms. The second-order valence-electron chi connectivity index (χ2n) is 8.19. The molecule has 7 heteroatoms. The van der Waals surface area contributed by atoms with Crippen LogP contribution in [0.4, 0.5) is 0 Å². The highest BCUT2D eigenvalue weighted by Crippen LogP contribution is 2.25. The van der Waals surface area contributed by atoms with Crippen LogP contribution in [-0.4, -0.2) is 63.9 Å². The number of piperidine rings is 1. The summed E-state index contributed by atoms with van der Waals surface area (Å²) in [5.41, 5.74) is 0.346. The average molecular weight is 411 g/mol. The Morgan fingerprint density at radius 3 is 2.57 bits per heavy atom. The van der Waals surface area contributed by atoms with Crippen molar-refractivity contribution in [1.29, 1.82) is 0 Å². The minimum Gasteiger partial charge on any atom is -0.384 e. The summed E-state index contributed by atoms with van der Waals surface area (Å²) >= 11 is 0. The lowest BCUT2D eigenvalue weighted by Gasteiger charge is -2.43. The maximum atomic E-state index is 12.5. The van der Waals surface area contributed by atoms with Gasteiger partial charge in [0, 0.05) is 31.3 Å². The summed E-state index contributed by atoms with van der Waals surface area (Å²) < 4.78 is 29.2. The number of carbonyl (C=O) groups excluding carboxylic acids is 1. The Kier molecular flexibility index (Phi) is 8.04. The van der Waals surface area contributed by atoms with Gasteiger partial charge in [0.15, 0.2) is 9.84 Å². The van der Waals surface area contributed by atoms with E-state index in [0.29, 0.717) is 12.1 Å². The highest BCUT2D eigenvalue weighted by molar-refractivity contribution is 7.91. The second-order valence-corrected chi connectivity index (χ2v) is 10.3. The molecule has 1 aromatic rings. The Hall–Kier alpha value is -1.44. The topological polar surface area (TPSA) is 75.7 Å².